The summed E-state index contributed by atoms with van der Waals surface area (Å²) < 4.78 is 0. The summed E-state index contributed by atoms with van der Waals surface area (Å²) >= 11 is 0. The summed E-state index contributed by atoms with van der Waals surface area (Å²) in [5, 5.41) is 2.65. The van der Waals surface area contributed by atoms with Gasteiger partial charge in [0, 0.05) is 22.6 Å². The van der Waals surface area contributed by atoms with Crippen molar-refractivity contribution in [2.24, 2.45) is 4.99 Å². The van der Waals surface area contributed by atoms with E-state index < -0.39 is 0 Å². The molecule has 0 atom stereocenters. The van der Waals surface area contributed by atoms with E-state index in [4.69, 9.17) is 5.73 Å². The first-order chi connectivity index (χ1) is 12.1. The van der Waals surface area contributed by atoms with Crippen LogP contribution in [0.3, 0.4) is 0 Å². The molecule has 0 aliphatic heterocycles. The summed E-state index contributed by atoms with van der Waals surface area (Å²) in [5.41, 5.74) is 6.10. The predicted molar refractivity (Wildman–Crippen MR) is 101 cm³/mol. The van der Waals surface area contributed by atoms with Gasteiger partial charge < -0.3 is 15.7 Å². The van der Waals surface area contributed by atoms with Crippen LogP contribution in [0, 0.1) is 0 Å². The van der Waals surface area contributed by atoms with Gasteiger partial charge in [-0.2, -0.15) is 0 Å². The van der Waals surface area contributed by atoms with Gasteiger partial charge in [-0.25, -0.2) is 4.99 Å². The van der Waals surface area contributed by atoms with Crippen LogP contribution in [-0.4, -0.2) is 16.2 Å². The third-order valence-electron chi connectivity index (χ3n) is 4.07. The first kappa shape index (κ1) is 14.9. The van der Waals surface area contributed by atoms with Gasteiger partial charge in [0.2, 0.25) is 0 Å². The number of nitrogen functional groups attached to an aromatic ring is 1. The van der Waals surface area contributed by atoms with Crippen molar-refractivity contribution in [3.63, 3.8) is 0 Å². The predicted octanol–water partition coefficient (Wildman–Crippen LogP) is 2.70. The van der Waals surface area contributed by atoms with Crippen molar-refractivity contribution in [1.82, 2.24) is 9.97 Å². The van der Waals surface area contributed by atoms with Crippen molar-refractivity contribution in [2.75, 3.05) is 5.73 Å². The zero-order valence-electron chi connectivity index (χ0n) is 13.1. The van der Waals surface area contributed by atoms with Gasteiger partial charge in [0.05, 0.1) is 0 Å². The van der Waals surface area contributed by atoms with Gasteiger partial charge in [-0.1, -0.05) is 36.4 Å². The van der Waals surface area contributed by atoms with E-state index in [-0.39, 0.29) is 16.9 Å². The highest BCUT2D eigenvalue weighted by Gasteiger charge is 2.07. The van der Waals surface area contributed by atoms with Gasteiger partial charge in [-0.3, -0.25) is 9.59 Å². The second kappa shape index (κ2) is 5.76. The summed E-state index contributed by atoms with van der Waals surface area (Å²) in [4.78, 5) is 33.8. The zero-order chi connectivity index (χ0) is 17.4. The number of hydrogen-bond acceptors (Lipinski definition) is 4. The standard InChI is InChI=1S/C19H14N4O2/c20-17-15(13-7-3-4-8-14(13)19(25)23-17)10-21-16-9-11-5-1-2-6-12(11)18(24)22-16/h1-10H,(H,22,24)(H3,20,23,25)/b21-10+. The maximum atomic E-state index is 12.1. The molecule has 0 radical (unpaired) electrons. The van der Waals surface area contributed by atoms with E-state index >= 15 is 0 Å². The Morgan fingerprint density at radius 1 is 0.840 bits per heavy atom. The lowest BCUT2D eigenvalue weighted by Crippen LogP contribution is -2.12. The third-order valence-corrected chi connectivity index (χ3v) is 4.07. The number of nitrogens with one attached hydrogen (secondary N) is 2. The summed E-state index contributed by atoms with van der Waals surface area (Å²) in [6, 6.07) is 16.2. The number of anilines is 1. The van der Waals surface area contributed by atoms with Crippen molar-refractivity contribution in [1.29, 1.82) is 0 Å². The second-order valence-electron chi connectivity index (χ2n) is 5.66. The maximum absolute atomic E-state index is 12.1. The molecule has 2 heterocycles. The molecule has 0 saturated carbocycles. The minimum Gasteiger partial charge on any atom is -0.385 e. The van der Waals surface area contributed by atoms with Crippen LogP contribution in [0.25, 0.3) is 21.5 Å². The summed E-state index contributed by atoms with van der Waals surface area (Å²) in [6.07, 6.45) is 1.55. The maximum Gasteiger partial charge on any atom is 0.257 e. The lowest BCUT2D eigenvalue weighted by Gasteiger charge is -2.05. The zero-order valence-corrected chi connectivity index (χ0v) is 13.1. The molecule has 122 valence electrons. The minimum atomic E-state index is -0.246. The quantitative estimate of drug-likeness (QED) is 0.492. The number of aromatic nitrogens is 2. The number of aliphatic imine (C=N–C) groups is 1. The number of nitrogens with zero attached hydrogens (tertiary/aromatic N) is 1. The Morgan fingerprint density at radius 3 is 2.28 bits per heavy atom. The highest BCUT2D eigenvalue weighted by Crippen LogP contribution is 2.19. The number of hydrogen-bond donors (Lipinski definition) is 3. The lowest BCUT2D eigenvalue weighted by molar-refractivity contribution is 1.24. The lowest BCUT2D eigenvalue weighted by atomic mass is 10.1. The highest BCUT2D eigenvalue weighted by molar-refractivity contribution is 6.03. The van der Waals surface area contributed by atoms with Crippen LogP contribution in [0.5, 0.6) is 0 Å². The van der Waals surface area contributed by atoms with Crippen molar-refractivity contribution < 1.29 is 0 Å². The normalized spacial score (nSPS) is 11.5. The van der Waals surface area contributed by atoms with E-state index in [0.29, 0.717) is 27.5 Å². The summed E-state index contributed by atoms with van der Waals surface area (Å²) in [6.45, 7) is 0. The average Bonchev–Trinajstić information content (AvgIpc) is 2.62. The molecule has 0 fully saturated rings. The molecule has 6 heteroatoms. The Bertz CT molecular complexity index is 1250. The number of benzene rings is 2. The molecule has 0 saturated heterocycles. The first-order valence-corrected chi connectivity index (χ1v) is 7.70. The number of rotatable bonds is 2. The SMILES string of the molecule is Nc1[nH]c(=O)c2ccccc2c1/C=N/c1cc2ccccc2c(=O)[nH]1. The molecule has 25 heavy (non-hydrogen) atoms. The molecule has 0 spiro atoms. The summed E-state index contributed by atoms with van der Waals surface area (Å²) in [5.74, 6) is 0.647. The van der Waals surface area contributed by atoms with Crippen molar-refractivity contribution in [3.05, 3.63) is 80.9 Å². The van der Waals surface area contributed by atoms with Crippen molar-refractivity contribution >= 4 is 39.4 Å². The highest BCUT2D eigenvalue weighted by atomic mass is 16.1. The van der Waals surface area contributed by atoms with Gasteiger partial charge >= 0.3 is 0 Å². The number of pyridine rings is 2. The molecular formula is C19H14N4O2. The topological polar surface area (TPSA) is 104 Å². The Balaban J connectivity index is 1.87. The van der Waals surface area contributed by atoms with Crippen LogP contribution in [0.1, 0.15) is 5.56 Å². The molecule has 2 aromatic carbocycles. The van der Waals surface area contributed by atoms with E-state index in [1.165, 1.54) is 0 Å². The minimum absolute atomic E-state index is 0.204. The van der Waals surface area contributed by atoms with Crippen LogP contribution in [0.2, 0.25) is 0 Å². The molecule has 2 aromatic heterocycles. The Kier molecular flexibility index (Phi) is 3.43. The van der Waals surface area contributed by atoms with Crippen LogP contribution in [-0.2, 0) is 0 Å². The van der Waals surface area contributed by atoms with Gasteiger partial charge in [-0.15, -0.1) is 0 Å². The average molecular weight is 330 g/mol. The fourth-order valence-electron chi connectivity index (χ4n) is 2.86. The molecule has 0 amide bonds. The molecule has 4 rings (SSSR count). The van der Waals surface area contributed by atoms with E-state index in [1.54, 1.807) is 30.5 Å². The molecule has 4 aromatic rings. The van der Waals surface area contributed by atoms with Crippen LogP contribution < -0.4 is 16.9 Å². The van der Waals surface area contributed by atoms with Gasteiger partial charge in [0.15, 0.2) is 0 Å². The van der Waals surface area contributed by atoms with E-state index in [1.807, 2.05) is 30.3 Å². The van der Waals surface area contributed by atoms with E-state index in [9.17, 15) is 9.59 Å². The Labute approximate surface area is 141 Å². The first-order valence-electron chi connectivity index (χ1n) is 7.70. The van der Waals surface area contributed by atoms with Crippen molar-refractivity contribution in [2.45, 2.75) is 0 Å². The molecule has 0 aliphatic rings. The largest absolute Gasteiger partial charge is 0.385 e. The van der Waals surface area contributed by atoms with E-state index in [2.05, 4.69) is 15.0 Å². The van der Waals surface area contributed by atoms with Crippen LogP contribution in [0.15, 0.2) is 69.2 Å². The van der Waals surface area contributed by atoms with Crippen LogP contribution in [0.4, 0.5) is 11.6 Å². The van der Waals surface area contributed by atoms with Gasteiger partial charge in [0.1, 0.15) is 11.6 Å². The van der Waals surface area contributed by atoms with Crippen LogP contribution >= 0.6 is 0 Å². The van der Waals surface area contributed by atoms with E-state index in [0.717, 1.165) is 5.39 Å². The molecule has 6 nitrogen and oxygen atoms in total. The molecular weight excluding hydrogens is 316 g/mol. The molecule has 0 unspecified atom stereocenters. The fraction of sp³-hybridized carbons (Fsp3) is 0. The monoisotopic (exact) mass is 330 g/mol. The molecule has 0 aliphatic carbocycles. The molecule has 4 N–H and O–H groups in total. The Hall–Kier alpha value is -3.67. The summed E-state index contributed by atoms with van der Waals surface area (Å²) in [7, 11) is 0. The Morgan fingerprint density at radius 2 is 1.48 bits per heavy atom. The fourth-order valence-corrected chi connectivity index (χ4v) is 2.86. The molecule has 0 bridgehead atoms. The van der Waals surface area contributed by atoms with Gasteiger partial charge in [-0.05, 0) is 29.0 Å². The van der Waals surface area contributed by atoms with Crippen molar-refractivity contribution in [3.8, 4) is 0 Å². The number of fused-ring (bicyclic) bond motifs is 2. The second-order valence-corrected chi connectivity index (χ2v) is 5.66. The smallest absolute Gasteiger partial charge is 0.257 e. The number of H-pyrrole nitrogens is 2. The number of nitrogens with two attached hydrogens (primary N) is 1. The third kappa shape index (κ3) is 2.59. The number of aromatic amines is 2. The van der Waals surface area contributed by atoms with Gasteiger partial charge in [0.25, 0.3) is 11.1 Å².